The van der Waals surface area contributed by atoms with Crippen molar-refractivity contribution in [3.63, 3.8) is 0 Å². The number of hydrogen-bond donors (Lipinski definition) is 2. The molecule has 0 saturated heterocycles. The number of nitrogens with one attached hydrogen (secondary N) is 1. The molecule has 0 unspecified atom stereocenters. The summed E-state index contributed by atoms with van der Waals surface area (Å²) in [5.74, 6) is 1.09. The summed E-state index contributed by atoms with van der Waals surface area (Å²) in [6.07, 6.45) is 5.80. The molecular formula is C13H18N2O2S. The molecule has 1 heterocycles. The maximum absolute atomic E-state index is 12.1. The molecule has 1 aromatic rings. The second-order valence-corrected chi connectivity index (χ2v) is 6.81. The number of thiazole rings is 1. The van der Waals surface area contributed by atoms with Gasteiger partial charge in [0.15, 0.2) is 0 Å². The van der Waals surface area contributed by atoms with E-state index >= 15 is 0 Å². The number of rotatable bonds is 4. The van der Waals surface area contributed by atoms with E-state index < -0.39 is 0 Å². The van der Waals surface area contributed by atoms with Gasteiger partial charge in [-0.05, 0) is 31.6 Å². The van der Waals surface area contributed by atoms with E-state index in [0.717, 1.165) is 17.8 Å². The van der Waals surface area contributed by atoms with Gasteiger partial charge in [0.25, 0.3) is 5.91 Å². The maximum Gasteiger partial charge on any atom is 0.263 e. The van der Waals surface area contributed by atoms with E-state index in [0.29, 0.717) is 16.7 Å². The Morgan fingerprint density at radius 3 is 2.89 bits per heavy atom. The molecule has 0 aliphatic heterocycles. The molecule has 0 spiro atoms. The van der Waals surface area contributed by atoms with Crippen LogP contribution in [-0.4, -0.2) is 28.1 Å². The van der Waals surface area contributed by atoms with Gasteiger partial charge in [0.05, 0.1) is 23.4 Å². The van der Waals surface area contributed by atoms with E-state index in [2.05, 4.69) is 17.2 Å². The summed E-state index contributed by atoms with van der Waals surface area (Å²) in [6, 6.07) is 0. The van der Waals surface area contributed by atoms with Crippen LogP contribution in [0.3, 0.4) is 0 Å². The van der Waals surface area contributed by atoms with Crippen molar-refractivity contribution in [3.05, 3.63) is 16.1 Å². The number of amides is 1. The minimum Gasteiger partial charge on any atom is -0.394 e. The van der Waals surface area contributed by atoms with Crippen molar-refractivity contribution < 1.29 is 9.90 Å². The van der Waals surface area contributed by atoms with Crippen LogP contribution in [0.4, 0.5) is 0 Å². The lowest BCUT2D eigenvalue weighted by molar-refractivity contribution is 0.0409. The summed E-state index contributed by atoms with van der Waals surface area (Å²) in [6.45, 7) is 2.16. The molecule has 2 N–H and O–H groups in total. The molecule has 2 aliphatic carbocycles. The van der Waals surface area contributed by atoms with Crippen molar-refractivity contribution in [1.29, 1.82) is 0 Å². The number of carbonyl (C=O) groups excluding carboxylic acids is 1. The van der Waals surface area contributed by atoms with Crippen LogP contribution < -0.4 is 5.32 Å². The highest BCUT2D eigenvalue weighted by Crippen LogP contribution is 2.42. The summed E-state index contributed by atoms with van der Waals surface area (Å²) >= 11 is 1.49. The van der Waals surface area contributed by atoms with Gasteiger partial charge in [-0.1, -0.05) is 6.92 Å². The van der Waals surface area contributed by atoms with Crippen molar-refractivity contribution in [3.8, 4) is 0 Å². The SMILES string of the molecule is CC1CC(CO)(NC(=O)c2cnc(C3CC3)s2)C1. The molecule has 1 amide bonds. The fourth-order valence-electron chi connectivity index (χ4n) is 2.76. The molecule has 0 atom stereocenters. The van der Waals surface area contributed by atoms with Crippen molar-refractivity contribution >= 4 is 17.2 Å². The lowest BCUT2D eigenvalue weighted by Crippen LogP contribution is -2.59. The lowest BCUT2D eigenvalue weighted by atomic mass is 9.69. The Kier molecular flexibility index (Phi) is 2.90. The third-order valence-electron chi connectivity index (χ3n) is 3.83. The van der Waals surface area contributed by atoms with Crippen molar-refractivity contribution in [2.45, 2.75) is 44.1 Å². The number of aliphatic hydroxyl groups is 1. The summed E-state index contributed by atoms with van der Waals surface area (Å²) in [7, 11) is 0. The first-order valence-electron chi connectivity index (χ1n) is 6.51. The molecule has 4 nitrogen and oxygen atoms in total. The number of carbonyl (C=O) groups is 1. The fraction of sp³-hybridized carbons (Fsp3) is 0.692. The quantitative estimate of drug-likeness (QED) is 0.875. The Labute approximate surface area is 110 Å². The van der Waals surface area contributed by atoms with Gasteiger partial charge in [0.2, 0.25) is 0 Å². The molecule has 1 aromatic heterocycles. The molecule has 2 fully saturated rings. The van der Waals surface area contributed by atoms with Gasteiger partial charge in [-0.15, -0.1) is 11.3 Å². The summed E-state index contributed by atoms with van der Waals surface area (Å²) < 4.78 is 0. The Balaban J connectivity index is 1.66. The van der Waals surface area contributed by atoms with Crippen molar-refractivity contribution in [1.82, 2.24) is 10.3 Å². The highest BCUT2D eigenvalue weighted by molar-refractivity contribution is 7.13. The van der Waals surface area contributed by atoms with Crippen LogP contribution in [0.15, 0.2) is 6.20 Å². The van der Waals surface area contributed by atoms with Crippen LogP contribution in [-0.2, 0) is 0 Å². The molecule has 0 aromatic carbocycles. The molecule has 2 aliphatic rings. The molecule has 98 valence electrons. The number of hydrogen-bond acceptors (Lipinski definition) is 4. The summed E-state index contributed by atoms with van der Waals surface area (Å²) in [5.41, 5.74) is -0.389. The number of aromatic nitrogens is 1. The van der Waals surface area contributed by atoms with Crippen LogP contribution in [0, 0.1) is 5.92 Å². The van der Waals surface area contributed by atoms with E-state index in [1.165, 1.54) is 24.2 Å². The van der Waals surface area contributed by atoms with Gasteiger partial charge < -0.3 is 10.4 Å². The smallest absolute Gasteiger partial charge is 0.263 e. The average molecular weight is 266 g/mol. The molecule has 3 rings (SSSR count). The van der Waals surface area contributed by atoms with Gasteiger partial charge in [-0.3, -0.25) is 4.79 Å². The van der Waals surface area contributed by atoms with Gasteiger partial charge in [-0.2, -0.15) is 0 Å². The van der Waals surface area contributed by atoms with E-state index in [-0.39, 0.29) is 18.1 Å². The second-order valence-electron chi connectivity index (χ2n) is 5.74. The lowest BCUT2D eigenvalue weighted by Gasteiger charge is -2.45. The fourth-order valence-corrected chi connectivity index (χ4v) is 3.74. The molecule has 0 bridgehead atoms. The van der Waals surface area contributed by atoms with E-state index in [1.54, 1.807) is 6.20 Å². The minimum absolute atomic E-state index is 0.0252. The normalized spacial score (nSPS) is 30.9. The molecular weight excluding hydrogens is 248 g/mol. The predicted molar refractivity (Wildman–Crippen MR) is 69.8 cm³/mol. The van der Waals surface area contributed by atoms with Crippen LogP contribution in [0.25, 0.3) is 0 Å². The first-order valence-corrected chi connectivity index (χ1v) is 7.33. The Morgan fingerprint density at radius 1 is 1.61 bits per heavy atom. The molecule has 18 heavy (non-hydrogen) atoms. The van der Waals surface area contributed by atoms with Gasteiger partial charge >= 0.3 is 0 Å². The topological polar surface area (TPSA) is 62.2 Å². The van der Waals surface area contributed by atoms with Crippen LogP contribution in [0.2, 0.25) is 0 Å². The average Bonchev–Trinajstić information content (AvgIpc) is 3.04. The molecule has 5 heteroatoms. The predicted octanol–water partition coefficient (Wildman–Crippen LogP) is 1.91. The zero-order chi connectivity index (χ0) is 12.8. The number of nitrogens with zero attached hydrogens (tertiary/aromatic N) is 1. The first-order chi connectivity index (χ1) is 8.62. The zero-order valence-corrected chi connectivity index (χ0v) is 11.3. The van der Waals surface area contributed by atoms with E-state index in [1.807, 2.05) is 0 Å². The Hall–Kier alpha value is -0.940. The zero-order valence-electron chi connectivity index (χ0n) is 10.5. The Bertz CT molecular complexity index is 461. The third kappa shape index (κ3) is 2.17. The first kappa shape index (κ1) is 12.1. The van der Waals surface area contributed by atoms with Crippen molar-refractivity contribution in [2.24, 2.45) is 5.92 Å². The minimum atomic E-state index is -0.389. The summed E-state index contributed by atoms with van der Waals surface area (Å²) in [4.78, 5) is 17.1. The Morgan fingerprint density at radius 2 is 2.33 bits per heavy atom. The standard InChI is InChI=1S/C13H18N2O2S/c1-8-4-13(5-8,7-16)15-11(17)10-6-14-12(18-10)9-2-3-9/h6,8-9,16H,2-5,7H2,1H3,(H,15,17). The summed E-state index contributed by atoms with van der Waals surface area (Å²) in [5, 5.41) is 13.5. The van der Waals surface area contributed by atoms with Crippen LogP contribution >= 0.6 is 11.3 Å². The van der Waals surface area contributed by atoms with E-state index in [4.69, 9.17) is 0 Å². The highest BCUT2D eigenvalue weighted by atomic mass is 32.1. The maximum atomic E-state index is 12.1. The number of aliphatic hydroxyl groups excluding tert-OH is 1. The second kappa shape index (κ2) is 4.31. The van der Waals surface area contributed by atoms with Gasteiger partial charge in [-0.25, -0.2) is 4.98 Å². The third-order valence-corrected chi connectivity index (χ3v) is 4.99. The molecule has 2 saturated carbocycles. The van der Waals surface area contributed by atoms with Gasteiger partial charge in [0, 0.05) is 5.92 Å². The van der Waals surface area contributed by atoms with E-state index in [9.17, 15) is 9.90 Å². The van der Waals surface area contributed by atoms with Gasteiger partial charge in [0.1, 0.15) is 4.88 Å². The highest BCUT2D eigenvalue weighted by Gasteiger charge is 2.43. The van der Waals surface area contributed by atoms with Crippen LogP contribution in [0.5, 0.6) is 0 Å². The van der Waals surface area contributed by atoms with Crippen molar-refractivity contribution in [2.75, 3.05) is 6.61 Å². The molecule has 0 radical (unpaired) electrons. The monoisotopic (exact) mass is 266 g/mol. The van der Waals surface area contributed by atoms with Crippen LogP contribution in [0.1, 0.15) is 53.2 Å². The largest absolute Gasteiger partial charge is 0.394 e.